The summed E-state index contributed by atoms with van der Waals surface area (Å²) in [4.78, 5) is 10.2. The van der Waals surface area contributed by atoms with Crippen molar-refractivity contribution in [2.75, 3.05) is 0 Å². The molecule has 0 aliphatic carbocycles. The number of carboxylic acid groups (broad SMARTS) is 1. The van der Waals surface area contributed by atoms with E-state index in [2.05, 4.69) is 10.2 Å². The van der Waals surface area contributed by atoms with Crippen LogP contribution < -0.4 is 5.73 Å². The van der Waals surface area contributed by atoms with E-state index >= 15 is 0 Å². The molecule has 1 heterocycles. The molecule has 4 N–H and O–H groups in total. The van der Waals surface area contributed by atoms with E-state index < -0.39 is 12.0 Å². The molecule has 0 amide bonds. The Morgan fingerprint density at radius 1 is 1.91 bits per heavy atom. The molecule has 5 heteroatoms. The molecule has 0 aromatic carbocycles. The molecule has 0 bridgehead atoms. The molecule has 60 valence electrons. The molecule has 1 aromatic rings. The zero-order valence-corrected chi connectivity index (χ0v) is 5.82. The molecule has 0 fully saturated rings. The number of carbonyl (C=O) groups is 1. The van der Waals surface area contributed by atoms with Crippen molar-refractivity contribution in [2.24, 2.45) is 5.73 Å². The molecular weight excluding hydrogens is 146 g/mol. The standard InChI is InChI=1S/C6H9N3O2/c7-4(3-6(10)11)5-1-2-8-9-5/h1-2,4H,3,7H2,(H,8,9)(H,10,11). The fourth-order valence-corrected chi connectivity index (χ4v) is 0.771. The highest BCUT2D eigenvalue weighted by molar-refractivity contribution is 5.67. The maximum absolute atomic E-state index is 10.2. The van der Waals surface area contributed by atoms with E-state index in [0.29, 0.717) is 5.69 Å². The maximum atomic E-state index is 10.2. The lowest BCUT2D eigenvalue weighted by Crippen LogP contribution is -2.15. The van der Waals surface area contributed by atoms with Gasteiger partial charge >= 0.3 is 5.97 Å². The van der Waals surface area contributed by atoms with Crippen molar-refractivity contribution in [2.45, 2.75) is 12.5 Å². The van der Waals surface area contributed by atoms with E-state index in [9.17, 15) is 4.79 Å². The van der Waals surface area contributed by atoms with Crippen LogP contribution in [-0.2, 0) is 4.79 Å². The van der Waals surface area contributed by atoms with Crippen LogP contribution in [0.25, 0.3) is 0 Å². The highest BCUT2D eigenvalue weighted by Gasteiger charge is 2.11. The number of nitrogens with one attached hydrogen (secondary N) is 1. The van der Waals surface area contributed by atoms with Gasteiger partial charge in [0.15, 0.2) is 0 Å². The molecule has 0 saturated heterocycles. The molecule has 0 spiro atoms. The fourth-order valence-electron chi connectivity index (χ4n) is 0.771. The van der Waals surface area contributed by atoms with Gasteiger partial charge < -0.3 is 10.8 Å². The van der Waals surface area contributed by atoms with Crippen molar-refractivity contribution in [1.29, 1.82) is 0 Å². The van der Waals surface area contributed by atoms with Gasteiger partial charge in [0, 0.05) is 6.20 Å². The Hall–Kier alpha value is -1.36. The first-order valence-electron chi connectivity index (χ1n) is 3.17. The smallest absolute Gasteiger partial charge is 0.305 e. The molecule has 1 aromatic heterocycles. The van der Waals surface area contributed by atoms with Gasteiger partial charge in [0.05, 0.1) is 18.2 Å². The molecule has 0 aliphatic rings. The molecule has 1 atom stereocenters. The number of rotatable bonds is 3. The van der Waals surface area contributed by atoms with Crippen molar-refractivity contribution >= 4 is 5.97 Å². The van der Waals surface area contributed by atoms with Crippen LogP contribution in [0.2, 0.25) is 0 Å². The van der Waals surface area contributed by atoms with Gasteiger partial charge in [-0.25, -0.2) is 0 Å². The number of hydrogen-bond donors (Lipinski definition) is 3. The second kappa shape index (κ2) is 3.16. The zero-order chi connectivity index (χ0) is 8.27. The quantitative estimate of drug-likeness (QED) is 0.567. The summed E-state index contributed by atoms with van der Waals surface area (Å²) < 4.78 is 0. The SMILES string of the molecule is NC(CC(=O)O)c1cc[nH]n1. The monoisotopic (exact) mass is 155 g/mol. The van der Waals surface area contributed by atoms with Crippen LogP contribution >= 0.6 is 0 Å². The molecule has 1 unspecified atom stereocenters. The number of H-pyrrole nitrogens is 1. The van der Waals surface area contributed by atoms with E-state index in [0.717, 1.165) is 0 Å². The van der Waals surface area contributed by atoms with Gasteiger partial charge in [0.2, 0.25) is 0 Å². The third-order valence-corrected chi connectivity index (χ3v) is 1.30. The minimum absolute atomic E-state index is 0.0924. The molecule has 5 nitrogen and oxygen atoms in total. The van der Waals surface area contributed by atoms with Gasteiger partial charge in [-0.05, 0) is 6.07 Å². The van der Waals surface area contributed by atoms with Gasteiger partial charge in [-0.15, -0.1) is 0 Å². The van der Waals surface area contributed by atoms with E-state index in [4.69, 9.17) is 10.8 Å². The van der Waals surface area contributed by atoms with Crippen molar-refractivity contribution in [3.05, 3.63) is 18.0 Å². The predicted molar refractivity (Wildman–Crippen MR) is 37.8 cm³/mol. The lowest BCUT2D eigenvalue weighted by molar-refractivity contribution is -0.137. The fraction of sp³-hybridized carbons (Fsp3) is 0.333. The Kier molecular flexibility index (Phi) is 2.22. The summed E-state index contributed by atoms with van der Waals surface area (Å²) in [5.74, 6) is -0.916. The maximum Gasteiger partial charge on any atom is 0.305 e. The summed E-state index contributed by atoms with van der Waals surface area (Å²) >= 11 is 0. The van der Waals surface area contributed by atoms with Gasteiger partial charge in [-0.3, -0.25) is 9.89 Å². The van der Waals surface area contributed by atoms with Crippen LogP contribution in [0.1, 0.15) is 18.2 Å². The van der Waals surface area contributed by atoms with E-state index in [1.807, 2.05) is 0 Å². The van der Waals surface area contributed by atoms with Crippen molar-refractivity contribution in [1.82, 2.24) is 10.2 Å². The van der Waals surface area contributed by atoms with Crippen LogP contribution in [0.3, 0.4) is 0 Å². The normalized spacial score (nSPS) is 12.8. The lowest BCUT2D eigenvalue weighted by Gasteiger charge is -2.02. The number of aromatic amines is 1. The number of nitrogens with two attached hydrogens (primary N) is 1. The third-order valence-electron chi connectivity index (χ3n) is 1.30. The summed E-state index contributed by atoms with van der Waals surface area (Å²) in [6.07, 6.45) is 1.52. The molecule has 0 saturated carbocycles. The number of nitrogens with zero attached hydrogens (tertiary/aromatic N) is 1. The van der Waals surface area contributed by atoms with Gasteiger partial charge in [0.25, 0.3) is 0 Å². The summed E-state index contributed by atoms with van der Waals surface area (Å²) in [5.41, 5.74) is 6.05. The predicted octanol–water partition coefficient (Wildman–Crippen LogP) is -0.116. The molecule has 0 aliphatic heterocycles. The van der Waals surface area contributed by atoms with Gasteiger partial charge in [-0.1, -0.05) is 0 Å². The molecule has 1 rings (SSSR count). The first-order chi connectivity index (χ1) is 5.20. The Balaban J connectivity index is 2.56. The molecule has 0 radical (unpaired) electrons. The largest absolute Gasteiger partial charge is 0.481 e. The zero-order valence-electron chi connectivity index (χ0n) is 5.82. The van der Waals surface area contributed by atoms with Crippen LogP contribution in [0.5, 0.6) is 0 Å². The average Bonchev–Trinajstić information content (AvgIpc) is 2.35. The second-order valence-electron chi connectivity index (χ2n) is 2.20. The minimum atomic E-state index is -0.916. The Morgan fingerprint density at radius 2 is 2.64 bits per heavy atom. The Morgan fingerprint density at radius 3 is 3.09 bits per heavy atom. The first-order valence-corrected chi connectivity index (χ1v) is 3.17. The summed E-state index contributed by atoms with van der Waals surface area (Å²) in [7, 11) is 0. The van der Waals surface area contributed by atoms with Crippen LogP contribution in [-0.4, -0.2) is 21.3 Å². The van der Waals surface area contributed by atoms with Gasteiger partial charge in [0.1, 0.15) is 0 Å². The van der Waals surface area contributed by atoms with Crippen LogP contribution in [0, 0.1) is 0 Å². The number of carboxylic acids is 1. The highest BCUT2D eigenvalue weighted by atomic mass is 16.4. The molecular formula is C6H9N3O2. The Labute approximate surface area is 63.2 Å². The second-order valence-corrected chi connectivity index (χ2v) is 2.20. The molecule has 11 heavy (non-hydrogen) atoms. The highest BCUT2D eigenvalue weighted by Crippen LogP contribution is 2.08. The first kappa shape index (κ1) is 7.74. The van der Waals surface area contributed by atoms with Crippen molar-refractivity contribution < 1.29 is 9.90 Å². The third kappa shape index (κ3) is 2.05. The van der Waals surface area contributed by atoms with Crippen molar-refractivity contribution in [3.63, 3.8) is 0 Å². The number of aliphatic carboxylic acids is 1. The number of aromatic nitrogens is 2. The van der Waals surface area contributed by atoms with Crippen LogP contribution in [0.15, 0.2) is 12.3 Å². The minimum Gasteiger partial charge on any atom is -0.481 e. The van der Waals surface area contributed by atoms with Crippen molar-refractivity contribution in [3.8, 4) is 0 Å². The van der Waals surface area contributed by atoms with E-state index in [1.165, 1.54) is 0 Å². The Bertz CT molecular complexity index is 232. The van der Waals surface area contributed by atoms with E-state index in [-0.39, 0.29) is 6.42 Å². The summed E-state index contributed by atoms with van der Waals surface area (Å²) in [6.45, 7) is 0. The lowest BCUT2D eigenvalue weighted by atomic mass is 10.1. The average molecular weight is 155 g/mol. The number of hydrogen-bond acceptors (Lipinski definition) is 3. The van der Waals surface area contributed by atoms with E-state index in [1.54, 1.807) is 12.3 Å². The summed E-state index contributed by atoms with van der Waals surface area (Å²) in [6, 6.07) is 1.15. The summed E-state index contributed by atoms with van der Waals surface area (Å²) in [5, 5.41) is 14.7. The topological polar surface area (TPSA) is 92.0 Å². The van der Waals surface area contributed by atoms with Gasteiger partial charge in [-0.2, -0.15) is 5.10 Å². The van der Waals surface area contributed by atoms with Crippen LogP contribution in [0.4, 0.5) is 0 Å².